The Morgan fingerprint density at radius 2 is 1.27 bits per heavy atom. The average Bonchev–Trinajstić information content (AvgIpc) is 3.24. The van der Waals surface area contributed by atoms with E-state index in [9.17, 15) is 4.79 Å². The summed E-state index contributed by atoms with van der Waals surface area (Å²) in [5, 5.41) is 0. The topological polar surface area (TPSA) is 72.5 Å². The van der Waals surface area contributed by atoms with Crippen LogP contribution in [0.1, 0.15) is 23.1 Å². The molecule has 1 aliphatic heterocycles. The van der Waals surface area contributed by atoms with Gasteiger partial charge in [-0.05, 0) is 16.7 Å². The Bertz CT molecular complexity index is 1080. The SMILES string of the molecule is COC(=O)C[C@@]1(OC)O[C@H](COCc2ccccc2)[C@@H](OCc2ccccc2)[C@@H]1OCc1ccccc1. The van der Waals surface area contributed by atoms with Crippen LogP contribution in [-0.4, -0.2) is 50.9 Å². The maximum Gasteiger partial charge on any atom is 0.311 e. The molecular weight excluding hydrogens is 472 g/mol. The first kappa shape index (κ1) is 27.0. The Hall–Kier alpha value is -3.07. The second-order valence-corrected chi connectivity index (χ2v) is 8.90. The summed E-state index contributed by atoms with van der Waals surface area (Å²) in [6, 6.07) is 29.6. The number of rotatable bonds is 13. The van der Waals surface area contributed by atoms with Crippen LogP contribution >= 0.6 is 0 Å². The first-order valence-electron chi connectivity index (χ1n) is 12.4. The minimum absolute atomic E-state index is 0.153. The van der Waals surface area contributed by atoms with Crippen LogP contribution in [0.15, 0.2) is 91.0 Å². The fraction of sp³-hybridized carbons (Fsp3) is 0.367. The van der Waals surface area contributed by atoms with Crippen LogP contribution in [0.25, 0.3) is 0 Å². The molecule has 1 fully saturated rings. The summed E-state index contributed by atoms with van der Waals surface area (Å²) in [6.45, 7) is 1.28. The molecule has 1 saturated heterocycles. The molecule has 4 rings (SSSR count). The lowest BCUT2D eigenvalue weighted by Gasteiger charge is -2.33. The number of carbonyl (C=O) groups excluding carboxylic acids is 1. The molecule has 0 unspecified atom stereocenters. The highest BCUT2D eigenvalue weighted by Crippen LogP contribution is 2.40. The molecule has 3 aromatic rings. The molecule has 37 heavy (non-hydrogen) atoms. The van der Waals surface area contributed by atoms with Crippen LogP contribution in [0.4, 0.5) is 0 Å². The monoisotopic (exact) mass is 506 g/mol. The van der Waals surface area contributed by atoms with Crippen molar-refractivity contribution in [3.05, 3.63) is 108 Å². The van der Waals surface area contributed by atoms with E-state index >= 15 is 0 Å². The lowest BCUT2D eigenvalue weighted by Crippen LogP contribution is -2.49. The molecule has 7 heteroatoms. The van der Waals surface area contributed by atoms with E-state index in [0.717, 1.165) is 16.7 Å². The van der Waals surface area contributed by atoms with E-state index in [4.69, 9.17) is 28.4 Å². The Morgan fingerprint density at radius 1 is 0.757 bits per heavy atom. The first-order valence-corrected chi connectivity index (χ1v) is 12.4. The highest BCUT2D eigenvalue weighted by Gasteiger charge is 2.58. The minimum Gasteiger partial charge on any atom is -0.469 e. The number of benzene rings is 3. The molecule has 0 spiro atoms. The van der Waals surface area contributed by atoms with Crippen molar-refractivity contribution in [1.29, 1.82) is 0 Å². The zero-order valence-corrected chi connectivity index (χ0v) is 21.3. The van der Waals surface area contributed by atoms with Crippen molar-refractivity contribution in [2.45, 2.75) is 50.3 Å². The molecule has 1 aliphatic rings. The number of hydrogen-bond acceptors (Lipinski definition) is 7. The molecule has 0 N–H and O–H groups in total. The molecule has 7 nitrogen and oxygen atoms in total. The third-order valence-electron chi connectivity index (χ3n) is 6.36. The van der Waals surface area contributed by atoms with E-state index < -0.39 is 30.1 Å². The number of ether oxygens (including phenoxy) is 6. The van der Waals surface area contributed by atoms with E-state index in [1.807, 2.05) is 91.0 Å². The largest absolute Gasteiger partial charge is 0.469 e. The minimum atomic E-state index is -1.40. The van der Waals surface area contributed by atoms with Crippen molar-refractivity contribution in [1.82, 2.24) is 0 Å². The summed E-state index contributed by atoms with van der Waals surface area (Å²) in [5.41, 5.74) is 3.04. The predicted molar refractivity (Wildman–Crippen MR) is 137 cm³/mol. The lowest BCUT2D eigenvalue weighted by molar-refractivity contribution is -0.262. The van der Waals surface area contributed by atoms with Crippen molar-refractivity contribution < 1.29 is 33.2 Å². The normalized spacial score (nSPS) is 23.1. The van der Waals surface area contributed by atoms with E-state index in [1.165, 1.54) is 14.2 Å². The van der Waals surface area contributed by atoms with Gasteiger partial charge in [-0.3, -0.25) is 4.79 Å². The van der Waals surface area contributed by atoms with Gasteiger partial charge in [0.25, 0.3) is 0 Å². The summed E-state index contributed by atoms with van der Waals surface area (Å²) in [5.74, 6) is -1.87. The quantitative estimate of drug-likeness (QED) is 0.312. The number of hydrogen-bond donors (Lipinski definition) is 0. The molecule has 0 radical (unpaired) electrons. The third kappa shape index (κ3) is 7.25. The van der Waals surface area contributed by atoms with Gasteiger partial charge in [-0.2, -0.15) is 0 Å². The molecule has 4 atom stereocenters. The molecule has 196 valence electrons. The Morgan fingerprint density at radius 3 is 1.78 bits per heavy atom. The molecule has 0 aromatic heterocycles. The van der Waals surface area contributed by atoms with Crippen LogP contribution < -0.4 is 0 Å². The zero-order valence-electron chi connectivity index (χ0n) is 21.3. The number of methoxy groups -OCH3 is 2. The predicted octanol–water partition coefficient (Wildman–Crippen LogP) is 4.68. The summed E-state index contributed by atoms with van der Waals surface area (Å²) in [6.07, 6.45) is -1.98. The summed E-state index contributed by atoms with van der Waals surface area (Å²) in [4.78, 5) is 12.4. The van der Waals surface area contributed by atoms with Gasteiger partial charge in [-0.25, -0.2) is 0 Å². The number of carbonyl (C=O) groups is 1. The maximum atomic E-state index is 12.4. The van der Waals surface area contributed by atoms with Crippen LogP contribution in [0, 0.1) is 0 Å². The van der Waals surface area contributed by atoms with Crippen molar-refractivity contribution in [3.8, 4) is 0 Å². The first-order chi connectivity index (χ1) is 18.1. The van der Waals surface area contributed by atoms with Crippen molar-refractivity contribution in [2.75, 3.05) is 20.8 Å². The van der Waals surface area contributed by atoms with Gasteiger partial charge in [0.05, 0.1) is 33.5 Å². The molecule has 0 amide bonds. The van der Waals surface area contributed by atoms with E-state index in [0.29, 0.717) is 19.8 Å². The van der Waals surface area contributed by atoms with Crippen LogP contribution in [0.2, 0.25) is 0 Å². The second-order valence-electron chi connectivity index (χ2n) is 8.90. The highest BCUT2D eigenvalue weighted by atomic mass is 16.7. The standard InChI is InChI=1S/C30H34O7/c1-32-27(31)18-30(33-2)29(36-21-25-16-10-5-11-17-25)28(35-20-24-14-8-4-9-15-24)26(37-30)22-34-19-23-12-6-3-7-13-23/h3-17,26,28-29H,18-22H2,1-2H3/t26-,28-,29+,30-/m1/s1. The second kappa shape index (κ2) is 13.5. The molecule has 0 bridgehead atoms. The summed E-state index contributed by atoms with van der Waals surface area (Å²) >= 11 is 0. The van der Waals surface area contributed by atoms with Gasteiger partial charge in [-0.15, -0.1) is 0 Å². The molecule has 0 aliphatic carbocycles. The Kier molecular flexibility index (Phi) is 9.82. The van der Waals surface area contributed by atoms with Gasteiger partial charge in [0.2, 0.25) is 5.79 Å². The van der Waals surface area contributed by atoms with Crippen molar-refractivity contribution in [3.63, 3.8) is 0 Å². The van der Waals surface area contributed by atoms with Crippen LogP contribution in [0.3, 0.4) is 0 Å². The molecule has 3 aromatic carbocycles. The van der Waals surface area contributed by atoms with Gasteiger partial charge in [0.15, 0.2) is 0 Å². The highest BCUT2D eigenvalue weighted by molar-refractivity contribution is 5.70. The van der Waals surface area contributed by atoms with Crippen molar-refractivity contribution in [2.24, 2.45) is 0 Å². The molecule has 1 heterocycles. The molecular formula is C30H34O7. The van der Waals surface area contributed by atoms with Gasteiger partial charge < -0.3 is 28.4 Å². The Labute approximate surface area is 218 Å². The smallest absolute Gasteiger partial charge is 0.311 e. The van der Waals surface area contributed by atoms with Gasteiger partial charge in [0.1, 0.15) is 24.7 Å². The van der Waals surface area contributed by atoms with E-state index in [1.54, 1.807) is 0 Å². The van der Waals surface area contributed by atoms with Crippen LogP contribution in [-0.2, 0) is 53.0 Å². The van der Waals surface area contributed by atoms with Crippen molar-refractivity contribution >= 4 is 5.97 Å². The van der Waals surface area contributed by atoms with E-state index in [2.05, 4.69) is 0 Å². The fourth-order valence-electron chi connectivity index (χ4n) is 4.43. The molecule has 0 saturated carbocycles. The third-order valence-corrected chi connectivity index (χ3v) is 6.36. The average molecular weight is 507 g/mol. The van der Waals surface area contributed by atoms with Gasteiger partial charge >= 0.3 is 5.97 Å². The maximum absolute atomic E-state index is 12.4. The fourth-order valence-corrected chi connectivity index (χ4v) is 4.43. The number of esters is 1. The summed E-state index contributed by atoms with van der Waals surface area (Å²) in [7, 11) is 2.84. The van der Waals surface area contributed by atoms with E-state index in [-0.39, 0.29) is 13.0 Å². The Balaban J connectivity index is 1.57. The summed E-state index contributed by atoms with van der Waals surface area (Å²) < 4.78 is 36.1. The van der Waals surface area contributed by atoms with Gasteiger partial charge in [0, 0.05) is 7.11 Å². The zero-order chi connectivity index (χ0) is 25.9. The lowest BCUT2D eigenvalue weighted by atomic mass is 10.0. The van der Waals surface area contributed by atoms with Crippen LogP contribution in [0.5, 0.6) is 0 Å². The van der Waals surface area contributed by atoms with Gasteiger partial charge in [-0.1, -0.05) is 91.0 Å².